The van der Waals surface area contributed by atoms with E-state index in [-0.39, 0.29) is 0 Å². The number of methoxy groups -OCH3 is 1. The highest BCUT2D eigenvalue weighted by atomic mass is 16.5. The second-order valence-electron chi connectivity index (χ2n) is 5.23. The van der Waals surface area contributed by atoms with Gasteiger partial charge in [-0.15, -0.1) is 0 Å². The van der Waals surface area contributed by atoms with E-state index in [1.807, 2.05) is 13.0 Å². The molecule has 4 rings (SSSR count). The fourth-order valence-corrected chi connectivity index (χ4v) is 3.04. The molecule has 3 aliphatic rings. The molecule has 0 aromatic carbocycles. The molecule has 0 amide bonds. The first kappa shape index (κ1) is 11.7. The number of hydrogen-bond acceptors (Lipinski definition) is 5. The minimum absolute atomic E-state index is 0.520. The lowest BCUT2D eigenvalue weighted by Crippen LogP contribution is -2.53. The SMILES string of the molecule is COc1cc(NC2CN3CCC2CC3)nc(C)n1. The lowest BCUT2D eigenvalue weighted by molar-refractivity contribution is 0.0973. The zero-order valence-electron chi connectivity index (χ0n) is 11.0. The van der Waals surface area contributed by atoms with Crippen molar-refractivity contribution in [1.82, 2.24) is 14.9 Å². The molecule has 18 heavy (non-hydrogen) atoms. The number of piperidine rings is 3. The van der Waals surface area contributed by atoms with E-state index < -0.39 is 0 Å². The molecule has 1 aromatic rings. The van der Waals surface area contributed by atoms with Gasteiger partial charge in [0, 0.05) is 18.7 Å². The van der Waals surface area contributed by atoms with Crippen molar-refractivity contribution in [2.45, 2.75) is 25.8 Å². The van der Waals surface area contributed by atoms with Gasteiger partial charge in [-0.05, 0) is 38.8 Å². The molecule has 5 heteroatoms. The van der Waals surface area contributed by atoms with Gasteiger partial charge in [-0.1, -0.05) is 0 Å². The van der Waals surface area contributed by atoms with Gasteiger partial charge in [-0.25, -0.2) is 4.98 Å². The molecule has 98 valence electrons. The number of aromatic nitrogens is 2. The number of anilines is 1. The lowest BCUT2D eigenvalue weighted by Gasteiger charge is -2.45. The summed E-state index contributed by atoms with van der Waals surface area (Å²) in [6.45, 7) is 5.55. The van der Waals surface area contributed by atoms with Crippen LogP contribution in [0.15, 0.2) is 6.07 Å². The Hall–Kier alpha value is -1.36. The quantitative estimate of drug-likeness (QED) is 0.873. The molecule has 5 nitrogen and oxygen atoms in total. The van der Waals surface area contributed by atoms with Crippen molar-refractivity contribution in [3.05, 3.63) is 11.9 Å². The molecule has 3 aliphatic heterocycles. The van der Waals surface area contributed by atoms with Crippen LogP contribution < -0.4 is 10.1 Å². The van der Waals surface area contributed by atoms with Crippen LogP contribution in [0.25, 0.3) is 0 Å². The molecule has 1 atom stereocenters. The number of nitrogens with zero attached hydrogens (tertiary/aromatic N) is 3. The fraction of sp³-hybridized carbons (Fsp3) is 0.692. The van der Waals surface area contributed by atoms with E-state index >= 15 is 0 Å². The smallest absolute Gasteiger partial charge is 0.218 e. The Bertz CT molecular complexity index is 429. The molecule has 1 N–H and O–H groups in total. The second-order valence-corrected chi connectivity index (χ2v) is 5.23. The van der Waals surface area contributed by atoms with Crippen molar-refractivity contribution in [1.29, 1.82) is 0 Å². The molecule has 0 aliphatic carbocycles. The van der Waals surface area contributed by atoms with E-state index in [4.69, 9.17) is 4.74 Å². The minimum Gasteiger partial charge on any atom is -0.481 e. The third kappa shape index (κ3) is 2.27. The summed E-state index contributed by atoms with van der Waals surface area (Å²) in [6, 6.07) is 2.40. The molecular weight excluding hydrogens is 228 g/mol. The summed E-state index contributed by atoms with van der Waals surface area (Å²) < 4.78 is 5.19. The molecule has 1 unspecified atom stereocenters. The first-order valence-corrected chi connectivity index (χ1v) is 6.63. The van der Waals surface area contributed by atoms with Crippen LogP contribution in [-0.4, -0.2) is 47.7 Å². The largest absolute Gasteiger partial charge is 0.481 e. The number of nitrogens with one attached hydrogen (secondary N) is 1. The molecule has 3 fully saturated rings. The van der Waals surface area contributed by atoms with E-state index in [9.17, 15) is 0 Å². The standard InChI is InChI=1S/C13H20N4O/c1-9-14-12(7-13(15-9)18-2)16-11-8-17-5-3-10(11)4-6-17/h7,10-11H,3-6,8H2,1-2H3,(H,14,15,16). The maximum Gasteiger partial charge on any atom is 0.218 e. The van der Waals surface area contributed by atoms with E-state index in [0.29, 0.717) is 11.9 Å². The Balaban J connectivity index is 1.74. The minimum atomic E-state index is 0.520. The van der Waals surface area contributed by atoms with Gasteiger partial charge in [0.25, 0.3) is 0 Å². The topological polar surface area (TPSA) is 50.3 Å². The van der Waals surface area contributed by atoms with Crippen LogP contribution in [0, 0.1) is 12.8 Å². The summed E-state index contributed by atoms with van der Waals surface area (Å²) in [6.07, 6.45) is 2.61. The Kier molecular flexibility index (Phi) is 3.07. The van der Waals surface area contributed by atoms with Crippen molar-refractivity contribution >= 4 is 5.82 Å². The van der Waals surface area contributed by atoms with Crippen LogP contribution in [0.3, 0.4) is 0 Å². The third-order valence-corrected chi connectivity index (χ3v) is 4.01. The summed E-state index contributed by atoms with van der Waals surface area (Å²) in [5.74, 6) is 3.05. The molecular formula is C13H20N4O. The number of aryl methyl sites for hydroxylation is 1. The van der Waals surface area contributed by atoms with E-state index in [0.717, 1.165) is 24.1 Å². The van der Waals surface area contributed by atoms with Gasteiger partial charge in [0.1, 0.15) is 11.6 Å². The summed E-state index contributed by atoms with van der Waals surface area (Å²) in [4.78, 5) is 11.2. The van der Waals surface area contributed by atoms with Gasteiger partial charge in [0.05, 0.1) is 7.11 Å². The summed E-state index contributed by atoms with van der Waals surface area (Å²) in [5.41, 5.74) is 0. The van der Waals surface area contributed by atoms with Crippen molar-refractivity contribution in [2.75, 3.05) is 32.1 Å². The van der Waals surface area contributed by atoms with Gasteiger partial charge < -0.3 is 15.0 Å². The zero-order chi connectivity index (χ0) is 12.5. The van der Waals surface area contributed by atoms with Crippen molar-refractivity contribution < 1.29 is 4.74 Å². The number of rotatable bonds is 3. The van der Waals surface area contributed by atoms with Crippen LogP contribution in [0.4, 0.5) is 5.82 Å². The van der Waals surface area contributed by atoms with Crippen LogP contribution in [-0.2, 0) is 0 Å². The van der Waals surface area contributed by atoms with Gasteiger partial charge >= 0.3 is 0 Å². The Labute approximate surface area is 108 Å². The normalized spacial score (nSPS) is 30.2. The number of hydrogen-bond donors (Lipinski definition) is 1. The van der Waals surface area contributed by atoms with Crippen LogP contribution in [0.1, 0.15) is 18.7 Å². The van der Waals surface area contributed by atoms with Crippen LogP contribution in [0.5, 0.6) is 5.88 Å². The van der Waals surface area contributed by atoms with Gasteiger partial charge in [-0.3, -0.25) is 0 Å². The highest BCUT2D eigenvalue weighted by molar-refractivity contribution is 5.40. The van der Waals surface area contributed by atoms with Gasteiger partial charge in [0.2, 0.25) is 5.88 Å². The predicted molar refractivity (Wildman–Crippen MR) is 69.9 cm³/mol. The average molecular weight is 248 g/mol. The average Bonchev–Trinajstić information content (AvgIpc) is 2.39. The number of ether oxygens (including phenoxy) is 1. The molecule has 0 spiro atoms. The summed E-state index contributed by atoms with van der Waals surface area (Å²) in [7, 11) is 1.64. The predicted octanol–water partition coefficient (Wildman–Crippen LogP) is 1.30. The summed E-state index contributed by atoms with van der Waals surface area (Å²) >= 11 is 0. The highest BCUT2D eigenvalue weighted by Crippen LogP contribution is 2.29. The van der Waals surface area contributed by atoms with Gasteiger partial charge in [-0.2, -0.15) is 4.98 Å². The van der Waals surface area contributed by atoms with E-state index in [1.54, 1.807) is 7.11 Å². The molecule has 0 radical (unpaired) electrons. The maximum atomic E-state index is 5.19. The molecule has 3 saturated heterocycles. The van der Waals surface area contributed by atoms with Crippen LogP contribution >= 0.6 is 0 Å². The third-order valence-electron chi connectivity index (χ3n) is 4.01. The zero-order valence-corrected chi connectivity index (χ0v) is 11.0. The first-order valence-electron chi connectivity index (χ1n) is 6.63. The monoisotopic (exact) mass is 248 g/mol. The van der Waals surface area contributed by atoms with Crippen molar-refractivity contribution in [3.63, 3.8) is 0 Å². The second kappa shape index (κ2) is 4.72. The first-order chi connectivity index (χ1) is 8.74. The molecule has 1 aromatic heterocycles. The van der Waals surface area contributed by atoms with Crippen LogP contribution in [0.2, 0.25) is 0 Å². The molecule has 0 saturated carbocycles. The highest BCUT2D eigenvalue weighted by Gasteiger charge is 2.34. The Morgan fingerprint density at radius 2 is 2.11 bits per heavy atom. The van der Waals surface area contributed by atoms with Gasteiger partial charge in [0.15, 0.2) is 0 Å². The maximum absolute atomic E-state index is 5.19. The molecule has 2 bridgehead atoms. The van der Waals surface area contributed by atoms with Crippen molar-refractivity contribution in [3.8, 4) is 5.88 Å². The Morgan fingerprint density at radius 1 is 1.33 bits per heavy atom. The van der Waals surface area contributed by atoms with Crippen molar-refractivity contribution in [2.24, 2.45) is 5.92 Å². The summed E-state index contributed by atoms with van der Waals surface area (Å²) in [5, 5.41) is 3.56. The van der Waals surface area contributed by atoms with E-state index in [1.165, 1.54) is 25.9 Å². The molecule has 4 heterocycles. The Morgan fingerprint density at radius 3 is 2.72 bits per heavy atom. The lowest BCUT2D eigenvalue weighted by atomic mass is 9.84. The number of fused-ring (bicyclic) bond motifs is 3. The fourth-order valence-electron chi connectivity index (χ4n) is 3.04. The van der Waals surface area contributed by atoms with E-state index in [2.05, 4.69) is 20.2 Å².